The molecule has 0 amide bonds. The molecule has 5 nitrogen and oxygen atoms in total. The Morgan fingerprint density at radius 2 is 2.00 bits per heavy atom. The molecule has 3 heterocycles. The predicted octanol–water partition coefficient (Wildman–Crippen LogP) is 4.24. The van der Waals surface area contributed by atoms with Crippen LogP contribution in [0.2, 0.25) is 0 Å². The fourth-order valence-electron chi connectivity index (χ4n) is 2.73. The Morgan fingerprint density at radius 3 is 2.79 bits per heavy atom. The summed E-state index contributed by atoms with van der Waals surface area (Å²) in [5.41, 5.74) is 9.86. The van der Waals surface area contributed by atoms with E-state index < -0.39 is 0 Å². The van der Waals surface area contributed by atoms with Crippen molar-refractivity contribution in [3.63, 3.8) is 0 Å². The number of pyridine rings is 1. The van der Waals surface area contributed by atoms with Crippen molar-refractivity contribution in [2.24, 2.45) is 7.05 Å². The first-order valence-electron chi connectivity index (χ1n) is 7.45. The van der Waals surface area contributed by atoms with E-state index in [1.807, 2.05) is 48.0 Å². The van der Waals surface area contributed by atoms with Crippen LogP contribution in [0.3, 0.4) is 0 Å². The van der Waals surface area contributed by atoms with Gasteiger partial charge in [-0.25, -0.2) is 9.97 Å². The second-order valence-electron chi connectivity index (χ2n) is 5.52. The van der Waals surface area contributed by atoms with Crippen LogP contribution in [0.4, 0.5) is 5.82 Å². The number of rotatable bonds is 4. The number of benzene rings is 1. The number of thiophene rings is 1. The van der Waals surface area contributed by atoms with E-state index in [-0.39, 0.29) is 0 Å². The third kappa shape index (κ3) is 2.68. The van der Waals surface area contributed by atoms with Gasteiger partial charge in [0, 0.05) is 7.05 Å². The highest BCUT2D eigenvalue weighted by atomic mass is 79.9. The Kier molecular flexibility index (Phi) is 3.99. The van der Waals surface area contributed by atoms with Gasteiger partial charge in [-0.3, -0.25) is 0 Å². The van der Waals surface area contributed by atoms with E-state index in [1.165, 1.54) is 0 Å². The van der Waals surface area contributed by atoms with Gasteiger partial charge in [0.1, 0.15) is 17.9 Å². The molecular formula is C17H15BrN4OS. The van der Waals surface area contributed by atoms with Crippen LogP contribution in [-0.2, 0) is 25.0 Å². The minimum atomic E-state index is 0.424. The average Bonchev–Trinajstić information content (AvgIpc) is 3.09. The molecule has 3 aromatic heterocycles. The number of nitrogens with zero attached hydrogens (tertiary/aromatic N) is 3. The third-order valence-corrected chi connectivity index (χ3v) is 5.55. The SMILES string of the molecule is Cn1c(COCc2ccccc2)nc2c(N)nc3cc(Br)sc3c21. The Bertz CT molecular complexity index is 1030. The number of ether oxygens (including phenoxy) is 1. The predicted molar refractivity (Wildman–Crippen MR) is 101 cm³/mol. The maximum atomic E-state index is 6.10. The van der Waals surface area contributed by atoms with Crippen LogP contribution in [-0.4, -0.2) is 14.5 Å². The Labute approximate surface area is 151 Å². The molecular weight excluding hydrogens is 388 g/mol. The second kappa shape index (κ2) is 6.16. The van der Waals surface area contributed by atoms with E-state index >= 15 is 0 Å². The molecule has 24 heavy (non-hydrogen) atoms. The summed E-state index contributed by atoms with van der Waals surface area (Å²) in [5.74, 6) is 1.29. The number of fused-ring (bicyclic) bond motifs is 3. The summed E-state index contributed by atoms with van der Waals surface area (Å²) in [4.78, 5) is 9.09. The first-order valence-corrected chi connectivity index (χ1v) is 9.06. The number of nitrogens with two attached hydrogens (primary N) is 1. The molecule has 0 radical (unpaired) electrons. The summed E-state index contributed by atoms with van der Waals surface area (Å²) in [5, 5.41) is 0. The van der Waals surface area contributed by atoms with Crippen LogP contribution < -0.4 is 5.73 Å². The normalized spacial score (nSPS) is 11.6. The highest BCUT2D eigenvalue weighted by Gasteiger charge is 2.17. The first-order chi connectivity index (χ1) is 11.6. The number of nitrogen functional groups attached to an aromatic ring is 1. The topological polar surface area (TPSA) is 66.0 Å². The zero-order valence-electron chi connectivity index (χ0n) is 13.0. The lowest BCUT2D eigenvalue weighted by molar-refractivity contribution is 0.100. The van der Waals surface area contributed by atoms with Crippen molar-refractivity contribution in [3.8, 4) is 0 Å². The number of imidazole rings is 1. The molecule has 1 aromatic carbocycles. The highest BCUT2D eigenvalue weighted by Crippen LogP contribution is 2.36. The molecule has 0 unspecified atom stereocenters. The Balaban J connectivity index is 1.68. The molecule has 7 heteroatoms. The molecule has 4 aromatic rings. The molecule has 0 atom stereocenters. The zero-order chi connectivity index (χ0) is 16.7. The maximum Gasteiger partial charge on any atom is 0.152 e. The Hall–Kier alpha value is -1.96. The van der Waals surface area contributed by atoms with Crippen LogP contribution in [0.1, 0.15) is 11.4 Å². The van der Waals surface area contributed by atoms with Crippen LogP contribution in [0.15, 0.2) is 40.2 Å². The van der Waals surface area contributed by atoms with Crippen molar-refractivity contribution in [2.75, 3.05) is 5.73 Å². The molecule has 0 saturated heterocycles. The number of aryl methyl sites for hydroxylation is 1. The summed E-state index contributed by atoms with van der Waals surface area (Å²) < 4.78 is 9.97. The smallest absolute Gasteiger partial charge is 0.152 e. The molecule has 0 aliphatic heterocycles. The minimum Gasteiger partial charge on any atom is -0.382 e. The van der Waals surface area contributed by atoms with Crippen LogP contribution in [0, 0.1) is 0 Å². The van der Waals surface area contributed by atoms with Gasteiger partial charge >= 0.3 is 0 Å². The molecule has 2 N–H and O–H groups in total. The summed E-state index contributed by atoms with van der Waals surface area (Å²) in [6.07, 6.45) is 0. The first kappa shape index (κ1) is 15.6. The van der Waals surface area contributed by atoms with E-state index in [0.29, 0.717) is 19.0 Å². The van der Waals surface area contributed by atoms with Crippen LogP contribution >= 0.6 is 27.3 Å². The number of anilines is 1. The van der Waals surface area contributed by atoms with Crippen LogP contribution in [0.25, 0.3) is 21.3 Å². The molecule has 0 aliphatic rings. The summed E-state index contributed by atoms with van der Waals surface area (Å²) in [7, 11) is 1.99. The molecule has 122 valence electrons. The highest BCUT2D eigenvalue weighted by molar-refractivity contribution is 9.11. The van der Waals surface area contributed by atoms with Gasteiger partial charge in [-0.2, -0.15) is 0 Å². The quantitative estimate of drug-likeness (QED) is 0.554. The van der Waals surface area contributed by atoms with Crippen molar-refractivity contribution in [1.82, 2.24) is 14.5 Å². The van der Waals surface area contributed by atoms with Gasteiger partial charge in [-0.15, -0.1) is 11.3 Å². The summed E-state index contributed by atoms with van der Waals surface area (Å²) in [6.45, 7) is 0.977. The Morgan fingerprint density at radius 1 is 1.21 bits per heavy atom. The minimum absolute atomic E-state index is 0.424. The largest absolute Gasteiger partial charge is 0.382 e. The zero-order valence-corrected chi connectivity index (χ0v) is 15.4. The van der Waals surface area contributed by atoms with Crippen molar-refractivity contribution < 1.29 is 4.74 Å². The van der Waals surface area contributed by atoms with Gasteiger partial charge in [0.2, 0.25) is 0 Å². The van der Waals surface area contributed by atoms with E-state index in [4.69, 9.17) is 10.5 Å². The van der Waals surface area contributed by atoms with Crippen molar-refractivity contribution in [3.05, 3.63) is 51.6 Å². The van der Waals surface area contributed by atoms with E-state index in [9.17, 15) is 0 Å². The van der Waals surface area contributed by atoms with Gasteiger partial charge in [0.25, 0.3) is 0 Å². The van der Waals surface area contributed by atoms with E-state index in [2.05, 4.69) is 25.9 Å². The molecule has 0 saturated carbocycles. The van der Waals surface area contributed by atoms with E-state index in [0.717, 1.165) is 36.4 Å². The molecule has 4 rings (SSSR count). The second-order valence-corrected chi connectivity index (χ2v) is 7.96. The van der Waals surface area contributed by atoms with Gasteiger partial charge in [0.05, 0.1) is 26.1 Å². The third-order valence-electron chi connectivity index (χ3n) is 3.91. The molecule has 0 fully saturated rings. The van der Waals surface area contributed by atoms with Gasteiger partial charge in [-0.05, 0) is 27.6 Å². The molecule has 0 spiro atoms. The van der Waals surface area contributed by atoms with Crippen molar-refractivity contribution in [1.29, 1.82) is 0 Å². The lowest BCUT2D eigenvalue weighted by Gasteiger charge is -2.05. The van der Waals surface area contributed by atoms with Gasteiger partial charge in [0.15, 0.2) is 5.82 Å². The van der Waals surface area contributed by atoms with Crippen molar-refractivity contribution in [2.45, 2.75) is 13.2 Å². The maximum absolute atomic E-state index is 6.10. The summed E-state index contributed by atoms with van der Waals surface area (Å²) in [6, 6.07) is 12.1. The number of hydrogen-bond acceptors (Lipinski definition) is 5. The summed E-state index contributed by atoms with van der Waals surface area (Å²) >= 11 is 5.15. The lowest BCUT2D eigenvalue weighted by atomic mass is 10.2. The van der Waals surface area contributed by atoms with Gasteiger partial charge < -0.3 is 15.0 Å². The monoisotopic (exact) mass is 402 g/mol. The number of halogens is 1. The average molecular weight is 403 g/mol. The molecule has 0 bridgehead atoms. The van der Waals surface area contributed by atoms with Crippen LogP contribution in [0.5, 0.6) is 0 Å². The standard InChI is InChI=1S/C17H15BrN4OS/c1-22-13(9-23-8-10-5-3-2-4-6-10)21-14-15(22)16-11(20-17(14)19)7-12(18)24-16/h2-7H,8-9H2,1H3,(H2,19,20). The van der Waals surface area contributed by atoms with Gasteiger partial charge in [-0.1, -0.05) is 30.3 Å². The van der Waals surface area contributed by atoms with E-state index in [1.54, 1.807) is 11.3 Å². The fraction of sp³-hybridized carbons (Fsp3) is 0.176. The lowest BCUT2D eigenvalue weighted by Crippen LogP contribution is -2.01. The number of hydrogen-bond donors (Lipinski definition) is 1. The molecule has 0 aliphatic carbocycles. The number of aromatic nitrogens is 3. The van der Waals surface area contributed by atoms with Crippen molar-refractivity contribution >= 4 is 54.3 Å². The fourth-order valence-corrected chi connectivity index (χ4v) is 4.34.